The van der Waals surface area contributed by atoms with Gasteiger partial charge in [-0.15, -0.1) is 0 Å². The molecule has 1 heterocycles. The van der Waals surface area contributed by atoms with Gasteiger partial charge in [-0.25, -0.2) is 0 Å². The minimum absolute atomic E-state index is 0.0789. The van der Waals surface area contributed by atoms with Crippen molar-refractivity contribution in [1.29, 1.82) is 0 Å². The molecule has 1 aromatic carbocycles. The molecule has 0 aliphatic carbocycles. The van der Waals surface area contributed by atoms with Gasteiger partial charge in [0.2, 0.25) is 5.78 Å². The number of ketones is 1. The molecule has 2 aromatic rings. The first-order chi connectivity index (χ1) is 8.22. The van der Waals surface area contributed by atoms with Crippen LogP contribution in [0.25, 0.3) is 0 Å². The number of ether oxygens (including phenoxy) is 1. The minimum Gasteiger partial charge on any atom is -0.492 e. The normalized spacial score (nSPS) is 10.2. The van der Waals surface area contributed by atoms with Crippen molar-refractivity contribution in [2.24, 2.45) is 0 Å². The zero-order valence-corrected chi connectivity index (χ0v) is 9.57. The first kappa shape index (κ1) is 11.3. The third-order valence-electron chi connectivity index (χ3n) is 2.41. The fourth-order valence-electron chi connectivity index (χ4n) is 1.60. The summed E-state index contributed by atoms with van der Waals surface area (Å²) in [5.41, 5.74) is 7.39. The van der Waals surface area contributed by atoms with E-state index in [0.29, 0.717) is 29.3 Å². The van der Waals surface area contributed by atoms with Crippen LogP contribution in [0.4, 0.5) is 5.69 Å². The van der Waals surface area contributed by atoms with Gasteiger partial charge in [0.15, 0.2) is 0 Å². The summed E-state index contributed by atoms with van der Waals surface area (Å²) < 4.78 is 5.32. The molecule has 0 bridgehead atoms. The van der Waals surface area contributed by atoms with E-state index in [1.165, 1.54) is 0 Å². The van der Waals surface area contributed by atoms with Crippen LogP contribution in [0.2, 0.25) is 0 Å². The molecule has 0 atom stereocenters. The van der Waals surface area contributed by atoms with E-state index in [0.717, 1.165) is 0 Å². The number of anilines is 1. The van der Waals surface area contributed by atoms with Gasteiger partial charge in [0.25, 0.3) is 0 Å². The molecule has 0 aliphatic heterocycles. The summed E-state index contributed by atoms with van der Waals surface area (Å²) in [4.78, 5) is 14.9. The van der Waals surface area contributed by atoms with Crippen molar-refractivity contribution in [3.8, 4) is 5.75 Å². The number of hydrogen-bond acceptors (Lipinski definition) is 3. The molecular weight excluding hydrogens is 216 g/mol. The van der Waals surface area contributed by atoms with Gasteiger partial charge in [-0.3, -0.25) is 4.79 Å². The predicted molar refractivity (Wildman–Crippen MR) is 66.2 cm³/mol. The topological polar surface area (TPSA) is 68.1 Å². The quantitative estimate of drug-likeness (QED) is 0.625. The lowest BCUT2D eigenvalue weighted by Crippen LogP contribution is -2.04. The van der Waals surface area contributed by atoms with Gasteiger partial charge in [0, 0.05) is 11.8 Å². The van der Waals surface area contributed by atoms with E-state index in [-0.39, 0.29) is 5.78 Å². The molecule has 0 spiro atoms. The Balaban J connectivity index is 2.29. The summed E-state index contributed by atoms with van der Waals surface area (Å²) in [5, 5.41) is 0. The number of nitrogens with one attached hydrogen (secondary N) is 1. The summed E-state index contributed by atoms with van der Waals surface area (Å²) in [6.45, 7) is 2.44. The van der Waals surface area contributed by atoms with Gasteiger partial charge < -0.3 is 15.5 Å². The fraction of sp³-hybridized carbons (Fsp3) is 0.154. The number of benzene rings is 1. The van der Waals surface area contributed by atoms with Crippen LogP contribution >= 0.6 is 0 Å². The second kappa shape index (κ2) is 4.74. The standard InChI is InChI=1S/C13H14N2O2/c1-2-17-12-6-5-9(8-10(12)14)13(16)11-4-3-7-15-11/h3-8,15H,2,14H2,1H3. The molecule has 0 amide bonds. The number of H-pyrrole nitrogens is 1. The lowest BCUT2D eigenvalue weighted by Gasteiger charge is -2.07. The van der Waals surface area contributed by atoms with Crippen molar-refractivity contribution in [1.82, 2.24) is 4.98 Å². The maximum Gasteiger partial charge on any atom is 0.209 e. The first-order valence-corrected chi connectivity index (χ1v) is 5.42. The van der Waals surface area contributed by atoms with Gasteiger partial charge in [0.1, 0.15) is 5.75 Å². The van der Waals surface area contributed by atoms with E-state index < -0.39 is 0 Å². The van der Waals surface area contributed by atoms with Crippen LogP contribution in [0, 0.1) is 0 Å². The maximum absolute atomic E-state index is 12.0. The molecule has 0 radical (unpaired) electrons. The number of aromatic nitrogens is 1. The van der Waals surface area contributed by atoms with Crippen molar-refractivity contribution in [3.63, 3.8) is 0 Å². The van der Waals surface area contributed by atoms with Crippen molar-refractivity contribution >= 4 is 11.5 Å². The summed E-state index contributed by atoms with van der Waals surface area (Å²) in [5.74, 6) is 0.528. The van der Waals surface area contributed by atoms with Crippen LogP contribution in [-0.4, -0.2) is 17.4 Å². The van der Waals surface area contributed by atoms with E-state index in [2.05, 4.69) is 4.98 Å². The SMILES string of the molecule is CCOc1ccc(C(=O)c2ccc[nH]2)cc1N. The van der Waals surface area contributed by atoms with Gasteiger partial charge in [-0.05, 0) is 37.3 Å². The Hall–Kier alpha value is -2.23. The van der Waals surface area contributed by atoms with E-state index in [4.69, 9.17) is 10.5 Å². The molecular formula is C13H14N2O2. The highest BCUT2D eigenvalue weighted by Gasteiger charge is 2.11. The summed E-state index contributed by atoms with van der Waals surface area (Å²) in [7, 11) is 0. The number of nitrogen functional groups attached to an aromatic ring is 1. The zero-order valence-electron chi connectivity index (χ0n) is 9.57. The predicted octanol–water partition coefficient (Wildman–Crippen LogP) is 2.23. The molecule has 0 aliphatic rings. The molecule has 0 unspecified atom stereocenters. The third-order valence-corrected chi connectivity index (χ3v) is 2.41. The maximum atomic E-state index is 12.0. The number of nitrogens with two attached hydrogens (primary N) is 1. The Morgan fingerprint density at radius 1 is 1.41 bits per heavy atom. The minimum atomic E-state index is -0.0789. The Bertz CT molecular complexity index is 518. The molecule has 0 fully saturated rings. The van der Waals surface area contributed by atoms with Crippen LogP contribution in [0.1, 0.15) is 23.0 Å². The van der Waals surface area contributed by atoms with Crippen LogP contribution in [0.5, 0.6) is 5.75 Å². The van der Waals surface area contributed by atoms with Crippen molar-refractivity contribution in [3.05, 3.63) is 47.8 Å². The third kappa shape index (κ3) is 2.30. The van der Waals surface area contributed by atoms with E-state index in [1.807, 2.05) is 6.92 Å². The Morgan fingerprint density at radius 3 is 2.82 bits per heavy atom. The first-order valence-electron chi connectivity index (χ1n) is 5.42. The Labute approximate surface area is 99.4 Å². The average molecular weight is 230 g/mol. The van der Waals surface area contributed by atoms with Gasteiger partial charge in [-0.1, -0.05) is 0 Å². The van der Waals surface area contributed by atoms with E-state index in [1.54, 1.807) is 36.5 Å². The highest BCUT2D eigenvalue weighted by molar-refractivity contribution is 6.08. The molecule has 1 aromatic heterocycles. The van der Waals surface area contributed by atoms with Crippen LogP contribution in [-0.2, 0) is 0 Å². The van der Waals surface area contributed by atoms with Gasteiger partial charge in [-0.2, -0.15) is 0 Å². The van der Waals surface area contributed by atoms with Crippen LogP contribution < -0.4 is 10.5 Å². The van der Waals surface area contributed by atoms with Crippen molar-refractivity contribution in [2.75, 3.05) is 12.3 Å². The number of carbonyl (C=O) groups excluding carboxylic acids is 1. The van der Waals surface area contributed by atoms with Crippen molar-refractivity contribution in [2.45, 2.75) is 6.92 Å². The van der Waals surface area contributed by atoms with E-state index in [9.17, 15) is 4.79 Å². The second-order valence-corrected chi connectivity index (χ2v) is 3.60. The fourth-order valence-corrected chi connectivity index (χ4v) is 1.60. The molecule has 2 rings (SSSR count). The number of rotatable bonds is 4. The van der Waals surface area contributed by atoms with E-state index >= 15 is 0 Å². The monoisotopic (exact) mass is 230 g/mol. The smallest absolute Gasteiger partial charge is 0.209 e. The molecule has 4 nitrogen and oxygen atoms in total. The van der Waals surface area contributed by atoms with Crippen molar-refractivity contribution < 1.29 is 9.53 Å². The molecule has 4 heteroatoms. The second-order valence-electron chi connectivity index (χ2n) is 3.60. The van der Waals surface area contributed by atoms with Gasteiger partial charge in [0.05, 0.1) is 18.0 Å². The summed E-state index contributed by atoms with van der Waals surface area (Å²) in [6, 6.07) is 8.58. The lowest BCUT2D eigenvalue weighted by molar-refractivity contribution is 0.103. The van der Waals surface area contributed by atoms with Gasteiger partial charge >= 0.3 is 0 Å². The number of hydrogen-bond donors (Lipinski definition) is 2. The molecule has 3 N–H and O–H groups in total. The Kier molecular flexibility index (Phi) is 3.14. The molecule has 0 saturated carbocycles. The van der Waals surface area contributed by atoms with Crippen LogP contribution in [0.3, 0.4) is 0 Å². The molecule has 88 valence electrons. The summed E-state index contributed by atoms with van der Waals surface area (Å²) in [6.07, 6.45) is 1.71. The highest BCUT2D eigenvalue weighted by atomic mass is 16.5. The summed E-state index contributed by atoms with van der Waals surface area (Å²) >= 11 is 0. The largest absolute Gasteiger partial charge is 0.492 e. The molecule has 0 saturated heterocycles. The van der Waals surface area contributed by atoms with Crippen LogP contribution in [0.15, 0.2) is 36.5 Å². The zero-order chi connectivity index (χ0) is 12.3. The number of aromatic amines is 1. The Morgan fingerprint density at radius 2 is 2.24 bits per heavy atom. The average Bonchev–Trinajstić information content (AvgIpc) is 2.84. The highest BCUT2D eigenvalue weighted by Crippen LogP contribution is 2.23. The lowest BCUT2D eigenvalue weighted by atomic mass is 10.1. The molecule has 17 heavy (non-hydrogen) atoms. The number of carbonyl (C=O) groups is 1.